The number of methoxy groups -OCH3 is 4. The van der Waals surface area contributed by atoms with E-state index in [4.69, 9.17) is 23.7 Å². The average Bonchev–Trinajstić information content (AvgIpc) is 3.21. The van der Waals surface area contributed by atoms with Crippen LogP contribution in [0.3, 0.4) is 0 Å². The number of fused-ring (bicyclic) bond motifs is 2. The zero-order valence-electron chi connectivity index (χ0n) is 22.6. The van der Waals surface area contributed by atoms with Gasteiger partial charge in [-0.25, -0.2) is 0 Å². The van der Waals surface area contributed by atoms with E-state index in [2.05, 4.69) is 11.8 Å². The number of hydrogen-bond donors (Lipinski definition) is 3. The fraction of sp³-hybridized carbons (Fsp3) is 1.00. The van der Waals surface area contributed by atoms with Crippen LogP contribution in [-0.4, -0.2) is 123 Å². The Bertz CT molecular complexity index is 877. The lowest BCUT2D eigenvalue weighted by atomic mass is 9.42. The largest absolute Gasteiger partial charge is 0.392 e. The van der Waals surface area contributed by atoms with Crippen LogP contribution in [0.25, 0.3) is 0 Å². The summed E-state index contributed by atoms with van der Waals surface area (Å²) in [6, 6.07) is 0.0674. The third kappa shape index (κ3) is 2.55. The summed E-state index contributed by atoms with van der Waals surface area (Å²) in [5.74, 6) is -0.503. The molecule has 3 N–H and O–H groups in total. The van der Waals surface area contributed by atoms with Gasteiger partial charge in [0, 0.05) is 89.1 Å². The molecule has 0 amide bonds. The van der Waals surface area contributed by atoms with Gasteiger partial charge in [0.1, 0.15) is 5.60 Å². The molecule has 1 saturated heterocycles. The standard InChI is InChI=1S/C27H45NO8/c1-7-28-12-24(13-32-3)15(29)9-16(33-4)27-14-10-25(31)17(34-5)11-26(36-8-2,18(14)23(25)30)19(22(27)28)20(35-6)21(24)27/h14-23,29-31H,7-13H2,1-6H3/t14?,15-,16+,17+,18?,19?,20+,21?,22+,23-,24+,25+,26-,27?/m1/s1. The quantitative estimate of drug-likeness (QED) is 0.423. The van der Waals surface area contributed by atoms with Gasteiger partial charge >= 0.3 is 0 Å². The molecule has 14 atom stereocenters. The van der Waals surface area contributed by atoms with E-state index in [0.717, 1.165) is 6.54 Å². The van der Waals surface area contributed by atoms with Crippen molar-refractivity contribution in [1.29, 1.82) is 0 Å². The van der Waals surface area contributed by atoms with Crippen molar-refractivity contribution in [1.82, 2.24) is 4.90 Å². The van der Waals surface area contributed by atoms with E-state index in [9.17, 15) is 15.3 Å². The smallest absolute Gasteiger partial charge is 0.117 e. The molecule has 36 heavy (non-hydrogen) atoms. The molecule has 0 radical (unpaired) electrons. The molecule has 1 aliphatic heterocycles. The molecule has 5 saturated carbocycles. The molecule has 5 aliphatic carbocycles. The number of aliphatic hydroxyl groups excluding tert-OH is 2. The minimum absolute atomic E-state index is 0.0649. The molecule has 9 nitrogen and oxygen atoms in total. The molecule has 1 spiro atoms. The maximum Gasteiger partial charge on any atom is 0.117 e. The first-order chi connectivity index (χ1) is 17.2. The Morgan fingerprint density at radius 1 is 0.944 bits per heavy atom. The Morgan fingerprint density at radius 3 is 2.25 bits per heavy atom. The van der Waals surface area contributed by atoms with Crippen LogP contribution in [0, 0.1) is 34.5 Å². The molecule has 6 fully saturated rings. The molecule has 1 heterocycles. The van der Waals surface area contributed by atoms with Crippen molar-refractivity contribution < 1.29 is 39.0 Å². The fourth-order valence-corrected chi connectivity index (χ4v) is 11.4. The van der Waals surface area contributed by atoms with Crippen LogP contribution >= 0.6 is 0 Å². The molecule has 0 aromatic heterocycles. The Labute approximate surface area is 214 Å². The summed E-state index contributed by atoms with van der Waals surface area (Å²) >= 11 is 0. The van der Waals surface area contributed by atoms with E-state index in [1.807, 2.05) is 6.92 Å². The summed E-state index contributed by atoms with van der Waals surface area (Å²) in [6.45, 7) is 6.61. The van der Waals surface area contributed by atoms with Crippen LogP contribution in [0.5, 0.6) is 0 Å². The average molecular weight is 512 g/mol. The number of piperidine rings is 1. The van der Waals surface area contributed by atoms with E-state index >= 15 is 0 Å². The van der Waals surface area contributed by atoms with Crippen LogP contribution in [-0.2, 0) is 23.7 Å². The third-order valence-corrected chi connectivity index (χ3v) is 12.0. The normalized spacial score (nSPS) is 58.9. The number of hydrogen-bond acceptors (Lipinski definition) is 9. The van der Waals surface area contributed by atoms with Crippen molar-refractivity contribution in [2.24, 2.45) is 34.5 Å². The molecular formula is C27H45NO8. The first-order valence-electron chi connectivity index (χ1n) is 13.8. The maximum absolute atomic E-state index is 12.0. The van der Waals surface area contributed by atoms with Crippen molar-refractivity contribution in [2.75, 3.05) is 54.7 Å². The lowest BCUT2D eigenvalue weighted by molar-refractivity contribution is -0.305. The topological polar surface area (TPSA) is 110 Å². The minimum atomic E-state index is -1.35. The summed E-state index contributed by atoms with van der Waals surface area (Å²) in [4.78, 5) is 2.51. The third-order valence-electron chi connectivity index (χ3n) is 12.0. The van der Waals surface area contributed by atoms with E-state index in [1.165, 1.54) is 0 Å². The van der Waals surface area contributed by atoms with Gasteiger partial charge in [-0.05, 0) is 25.8 Å². The zero-order chi connectivity index (χ0) is 25.8. The SMILES string of the molecule is CCO[C@]12C[C@H](OC)[C@@]3(O)CC(C1[C@H]3O)C13C4[C@@H](OC)C2[C@@H]1N(CC)C[C@]4(COC)[C@H](O)C[C@@H]3OC. The molecule has 206 valence electrons. The molecule has 5 unspecified atom stereocenters. The zero-order valence-corrected chi connectivity index (χ0v) is 22.6. The van der Waals surface area contributed by atoms with Crippen molar-refractivity contribution in [3.63, 3.8) is 0 Å². The van der Waals surface area contributed by atoms with Gasteiger partial charge in [-0.2, -0.15) is 0 Å². The summed E-state index contributed by atoms with van der Waals surface area (Å²) in [6.07, 6.45) is -1.18. The van der Waals surface area contributed by atoms with Gasteiger partial charge in [-0.1, -0.05) is 6.92 Å². The van der Waals surface area contributed by atoms with E-state index in [0.29, 0.717) is 39.0 Å². The van der Waals surface area contributed by atoms with Crippen LogP contribution in [0.4, 0.5) is 0 Å². The van der Waals surface area contributed by atoms with E-state index in [1.54, 1.807) is 28.4 Å². The molecule has 6 aliphatic rings. The van der Waals surface area contributed by atoms with Crippen LogP contribution in [0.1, 0.15) is 33.1 Å². The first kappa shape index (κ1) is 25.9. The number of likely N-dealkylation sites (tertiary alicyclic amines) is 1. The van der Waals surface area contributed by atoms with Gasteiger partial charge in [0.25, 0.3) is 0 Å². The van der Waals surface area contributed by atoms with Gasteiger partial charge in [0.05, 0.1) is 42.7 Å². The molecule has 9 heteroatoms. The van der Waals surface area contributed by atoms with Crippen LogP contribution < -0.4 is 0 Å². The van der Waals surface area contributed by atoms with Crippen LogP contribution in [0.15, 0.2) is 0 Å². The van der Waals surface area contributed by atoms with Crippen LogP contribution in [0.2, 0.25) is 0 Å². The fourth-order valence-electron chi connectivity index (χ4n) is 11.4. The second kappa shape index (κ2) is 8.32. The Morgan fingerprint density at radius 2 is 1.67 bits per heavy atom. The second-order valence-electron chi connectivity index (χ2n) is 12.4. The highest BCUT2D eigenvalue weighted by molar-refractivity contribution is 5.38. The predicted octanol–water partition coefficient (Wildman–Crippen LogP) is 0.286. The monoisotopic (exact) mass is 511 g/mol. The summed E-state index contributed by atoms with van der Waals surface area (Å²) in [7, 11) is 6.85. The summed E-state index contributed by atoms with van der Waals surface area (Å²) < 4.78 is 31.4. The second-order valence-corrected chi connectivity index (χ2v) is 12.4. The van der Waals surface area contributed by atoms with Gasteiger partial charge in [-0.15, -0.1) is 0 Å². The number of rotatable bonds is 8. The predicted molar refractivity (Wildman–Crippen MR) is 129 cm³/mol. The highest BCUT2D eigenvalue weighted by Crippen LogP contribution is 2.80. The van der Waals surface area contributed by atoms with Crippen molar-refractivity contribution in [2.45, 2.75) is 80.9 Å². The van der Waals surface area contributed by atoms with E-state index in [-0.39, 0.29) is 41.9 Å². The molecule has 7 bridgehead atoms. The van der Waals surface area contributed by atoms with Crippen molar-refractivity contribution in [3.8, 4) is 0 Å². The van der Waals surface area contributed by atoms with Gasteiger partial charge in [0.15, 0.2) is 0 Å². The van der Waals surface area contributed by atoms with Gasteiger partial charge < -0.3 is 39.0 Å². The van der Waals surface area contributed by atoms with Crippen molar-refractivity contribution in [3.05, 3.63) is 0 Å². The number of aliphatic hydroxyl groups is 3. The number of ether oxygens (including phenoxy) is 5. The maximum atomic E-state index is 12.0. The Hall–Kier alpha value is -0.360. The first-order valence-corrected chi connectivity index (χ1v) is 13.8. The molecule has 0 aromatic carbocycles. The lowest BCUT2D eigenvalue weighted by Crippen LogP contribution is -2.79. The lowest BCUT2D eigenvalue weighted by Gasteiger charge is -2.70. The molecule has 6 rings (SSSR count). The van der Waals surface area contributed by atoms with E-state index < -0.39 is 40.3 Å². The van der Waals surface area contributed by atoms with Gasteiger partial charge in [0.2, 0.25) is 0 Å². The number of nitrogens with zero attached hydrogens (tertiary/aromatic N) is 1. The highest BCUT2D eigenvalue weighted by Gasteiger charge is 2.89. The van der Waals surface area contributed by atoms with Crippen molar-refractivity contribution >= 4 is 0 Å². The highest BCUT2D eigenvalue weighted by atomic mass is 16.5. The Balaban J connectivity index is 1.68. The summed E-state index contributed by atoms with van der Waals surface area (Å²) in [5.41, 5.74) is -3.07. The molecular weight excluding hydrogens is 466 g/mol. The molecule has 0 aromatic rings. The van der Waals surface area contributed by atoms with Gasteiger partial charge in [-0.3, -0.25) is 4.90 Å². The Kier molecular flexibility index (Phi) is 5.98. The minimum Gasteiger partial charge on any atom is -0.392 e. The summed E-state index contributed by atoms with van der Waals surface area (Å²) in [5, 5.41) is 35.7.